The van der Waals surface area contributed by atoms with Gasteiger partial charge < -0.3 is 9.47 Å². The lowest BCUT2D eigenvalue weighted by Crippen LogP contribution is -2.25. The van der Waals surface area contributed by atoms with Gasteiger partial charge in [-0.1, -0.05) is 36.4 Å². The Hall–Kier alpha value is -1.52. The van der Waals surface area contributed by atoms with Crippen LogP contribution in [0.25, 0.3) is 0 Å². The van der Waals surface area contributed by atoms with E-state index in [9.17, 15) is 8.78 Å². The first-order valence-electron chi connectivity index (χ1n) is 7.15. The van der Waals surface area contributed by atoms with E-state index in [2.05, 4.69) is 6.08 Å². The molecule has 0 aliphatic carbocycles. The summed E-state index contributed by atoms with van der Waals surface area (Å²) in [6.45, 7) is 3.28. The second kappa shape index (κ2) is 8.05. The lowest BCUT2D eigenvalue weighted by molar-refractivity contribution is -0.197. The van der Waals surface area contributed by atoms with Gasteiger partial charge in [-0.25, -0.2) is 0 Å². The Labute approximate surface area is 124 Å². The molecule has 1 aromatic rings. The van der Waals surface area contributed by atoms with Gasteiger partial charge in [-0.2, -0.15) is 8.78 Å². The topological polar surface area (TPSA) is 18.5 Å². The summed E-state index contributed by atoms with van der Waals surface area (Å²) < 4.78 is 35.3. The van der Waals surface area contributed by atoms with Gasteiger partial charge in [0, 0.05) is 11.5 Å². The van der Waals surface area contributed by atoms with Gasteiger partial charge in [0.15, 0.2) is 6.29 Å². The first-order chi connectivity index (χ1) is 10.2. The molecule has 0 atom stereocenters. The van der Waals surface area contributed by atoms with E-state index in [1.54, 1.807) is 0 Å². The largest absolute Gasteiger partial charge is 0.348 e. The highest BCUT2D eigenvalue weighted by Crippen LogP contribution is 2.26. The molecule has 0 amide bonds. The molecule has 1 fully saturated rings. The number of benzene rings is 1. The van der Waals surface area contributed by atoms with Crippen molar-refractivity contribution in [2.75, 3.05) is 13.2 Å². The molecule has 1 heterocycles. The van der Waals surface area contributed by atoms with E-state index in [4.69, 9.17) is 9.47 Å². The Balaban J connectivity index is 1.86. The van der Waals surface area contributed by atoms with E-state index >= 15 is 0 Å². The van der Waals surface area contributed by atoms with Crippen LogP contribution in [0.4, 0.5) is 8.78 Å². The van der Waals surface area contributed by atoms with E-state index in [-0.39, 0.29) is 6.29 Å². The maximum atomic E-state index is 12.0. The molecular formula is C17H20F2O2. The van der Waals surface area contributed by atoms with Crippen molar-refractivity contribution in [3.8, 4) is 0 Å². The third-order valence-corrected chi connectivity index (χ3v) is 3.37. The van der Waals surface area contributed by atoms with Crippen LogP contribution in [0.3, 0.4) is 0 Å². The van der Waals surface area contributed by atoms with E-state index in [1.807, 2.05) is 37.3 Å². The quantitative estimate of drug-likeness (QED) is 0.737. The molecule has 2 nitrogen and oxygen atoms in total. The van der Waals surface area contributed by atoms with Crippen molar-refractivity contribution in [2.24, 2.45) is 5.92 Å². The maximum Gasteiger partial charge on any atom is 0.266 e. The first kappa shape index (κ1) is 15.9. The van der Waals surface area contributed by atoms with Crippen LogP contribution in [0.15, 0.2) is 48.6 Å². The van der Waals surface area contributed by atoms with Crippen LogP contribution >= 0.6 is 0 Å². The van der Waals surface area contributed by atoms with E-state index in [0.29, 0.717) is 32.0 Å². The van der Waals surface area contributed by atoms with E-state index in [0.717, 1.165) is 17.2 Å². The van der Waals surface area contributed by atoms with Crippen LogP contribution in [-0.2, 0) is 15.9 Å². The van der Waals surface area contributed by atoms with Crippen LogP contribution in [0.5, 0.6) is 0 Å². The molecule has 1 aliphatic heterocycles. The van der Waals surface area contributed by atoms with Crippen LogP contribution < -0.4 is 0 Å². The third kappa shape index (κ3) is 5.06. The normalized spacial score (nSPS) is 22.4. The lowest BCUT2D eigenvalue weighted by atomic mass is 10.1. The summed E-state index contributed by atoms with van der Waals surface area (Å²) in [5, 5.41) is 0. The zero-order valence-electron chi connectivity index (χ0n) is 12.1. The van der Waals surface area contributed by atoms with Crippen molar-refractivity contribution in [2.45, 2.75) is 26.1 Å². The molecule has 4 heteroatoms. The van der Waals surface area contributed by atoms with Crippen molar-refractivity contribution in [1.29, 1.82) is 0 Å². The smallest absolute Gasteiger partial charge is 0.266 e. The number of halogens is 2. The molecule has 0 spiro atoms. The van der Waals surface area contributed by atoms with Gasteiger partial charge in [-0.15, -0.1) is 0 Å². The average Bonchev–Trinajstić information content (AvgIpc) is 2.49. The predicted octanol–water partition coefficient (Wildman–Crippen LogP) is 4.64. The fourth-order valence-corrected chi connectivity index (χ4v) is 2.28. The average molecular weight is 294 g/mol. The number of hydrogen-bond acceptors (Lipinski definition) is 2. The molecule has 0 saturated carbocycles. The highest BCUT2D eigenvalue weighted by molar-refractivity contribution is 5.24. The SMILES string of the molecule is C/C=C/C1COC(c2ccc(CCC=C(F)F)cc2)OC1. The standard InChI is InChI=1S/C17H20F2O2/c1-2-4-14-11-20-17(21-12-14)15-9-7-13(8-10-15)5-3-6-16(18)19/h2,4,6-10,14,17H,3,5,11-12H2,1H3/b4-2+. The number of hydrogen-bond donors (Lipinski definition) is 0. The van der Waals surface area contributed by atoms with Crippen molar-refractivity contribution < 1.29 is 18.3 Å². The molecule has 1 aliphatic rings. The molecule has 2 rings (SSSR count). The number of aryl methyl sites for hydroxylation is 1. The Morgan fingerprint density at radius 1 is 1.19 bits per heavy atom. The maximum absolute atomic E-state index is 12.0. The Bertz CT molecular complexity index is 482. The van der Waals surface area contributed by atoms with Crippen LogP contribution in [-0.4, -0.2) is 13.2 Å². The first-order valence-corrected chi connectivity index (χ1v) is 7.15. The molecule has 0 N–H and O–H groups in total. The van der Waals surface area contributed by atoms with Crippen LogP contribution in [0, 0.1) is 5.92 Å². The summed E-state index contributed by atoms with van der Waals surface area (Å²) >= 11 is 0. The van der Waals surface area contributed by atoms with Crippen molar-refractivity contribution in [1.82, 2.24) is 0 Å². The van der Waals surface area contributed by atoms with E-state index in [1.165, 1.54) is 0 Å². The van der Waals surface area contributed by atoms with Gasteiger partial charge in [0.05, 0.1) is 13.2 Å². The van der Waals surface area contributed by atoms with Gasteiger partial charge in [-0.05, 0) is 31.4 Å². The Morgan fingerprint density at radius 2 is 1.86 bits per heavy atom. The molecule has 1 saturated heterocycles. The summed E-state index contributed by atoms with van der Waals surface area (Å²) in [5.74, 6) is 0.313. The highest BCUT2D eigenvalue weighted by atomic mass is 19.3. The lowest BCUT2D eigenvalue weighted by Gasteiger charge is -2.28. The molecule has 114 valence electrons. The summed E-state index contributed by atoms with van der Waals surface area (Å²) in [7, 11) is 0. The zero-order chi connectivity index (χ0) is 15.1. The van der Waals surface area contributed by atoms with Crippen molar-refractivity contribution >= 4 is 0 Å². The third-order valence-electron chi connectivity index (χ3n) is 3.37. The fraction of sp³-hybridized carbons (Fsp3) is 0.412. The van der Waals surface area contributed by atoms with Crippen molar-refractivity contribution in [3.05, 3.63) is 59.7 Å². The second-order valence-electron chi connectivity index (χ2n) is 5.06. The summed E-state index contributed by atoms with van der Waals surface area (Å²) in [5.41, 5.74) is 1.99. The highest BCUT2D eigenvalue weighted by Gasteiger charge is 2.21. The van der Waals surface area contributed by atoms with Crippen molar-refractivity contribution in [3.63, 3.8) is 0 Å². The molecule has 0 bridgehead atoms. The second-order valence-corrected chi connectivity index (χ2v) is 5.06. The van der Waals surface area contributed by atoms with Crippen LogP contribution in [0.1, 0.15) is 30.8 Å². The minimum Gasteiger partial charge on any atom is -0.348 e. The predicted molar refractivity (Wildman–Crippen MR) is 78.0 cm³/mol. The minimum absolute atomic E-state index is 0.313. The Kier molecular flexibility index (Phi) is 6.08. The Morgan fingerprint density at radius 3 is 2.43 bits per heavy atom. The van der Waals surface area contributed by atoms with Gasteiger partial charge in [0.2, 0.25) is 0 Å². The minimum atomic E-state index is -1.62. The number of ether oxygens (including phenoxy) is 2. The molecular weight excluding hydrogens is 274 g/mol. The summed E-state index contributed by atoms with van der Waals surface area (Å²) in [6.07, 6.45) is 4.03. The van der Waals surface area contributed by atoms with Gasteiger partial charge in [0.25, 0.3) is 6.08 Å². The van der Waals surface area contributed by atoms with Gasteiger partial charge in [0.1, 0.15) is 0 Å². The monoisotopic (exact) mass is 294 g/mol. The molecule has 21 heavy (non-hydrogen) atoms. The van der Waals surface area contributed by atoms with Gasteiger partial charge in [-0.3, -0.25) is 0 Å². The number of rotatable bonds is 5. The molecule has 0 unspecified atom stereocenters. The van der Waals surface area contributed by atoms with E-state index < -0.39 is 6.08 Å². The molecule has 1 aromatic carbocycles. The summed E-state index contributed by atoms with van der Waals surface area (Å²) in [6, 6.07) is 7.74. The van der Waals surface area contributed by atoms with Gasteiger partial charge >= 0.3 is 0 Å². The molecule has 0 aromatic heterocycles. The fourth-order valence-electron chi connectivity index (χ4n) is 2.28. The number of allylic oxidation sites excluding steroid dienone is 2. The summed E-state index contributed by atoms with van der Waals surface area (Å²) in [4.78, 5) is 0. The molecule has 0 radical (unpaired) electrons. The van der Waals surface area contributed by atoms with Crippen LogP contribution in [0.2, 0.25) is 0 Å². The zero-order valence-corrected chi connectivity index (χ0v) is 12.1.